The molecule has 6 heteroatoms. The standard InChI is InChI=1S/C22H23BrN2O2S/c1-15-13-16(2)22(17(3)14-15)28(26,27)25-12-11-24-10-4-5-20(24)21(25)18-6-8-19(23)9-7-18/h4-10,13-14,21H,11-12H2,1-3H3. The number of halogens is 1. The van der Waals surface area contributed by atoms with Crippen LogP contribution in [-0.4, -0.2) is 23.8 Å². The predicted octanol–water partition coefficient (Wildman–Crippen LogP) is 4.97. The quantitative estimate of drug-likeness (QED) is 0.555. The van der Waals surface area contributed by atoms with E-state index in [1.54, 1.807) is 4.31 Å². The molecule has 1 aromatic heterocycles. The van der Waals surface area contributed by atoms with E-state index in [-0.39, 0.29) is 6.04 Å². The lowest BCUT2D eigenvalue weighted by atomic mass is 10.0. The number of rotatable bonds is 3. The lowest BCUT2D eigenvalue weighted by Crippen LogP contribution is -2.42. The van der Waals surface area contributed by atoms with Crippen molar-refractivity contribution in [3.8, 4) is 0 Å². The molecule has 1 unspecified atom stereocenters. The Morgan fingerprint density at radius 1 is 0.964 bits per heavy atom. The molecule has 0 amide bonds. The Kier molecular flexibility index (Phi) is 4.98. The first-order chi connectivity index (χ1) is 13.3. The van der Waals surface area contributed by atoms with Crippen LogP contribution in [-0.2, 0) is 16.6 Å². The van der Waals surface area contributed by atoms with Gasteiger partial charge in [0.05, 0.1) is 10.9 Å². The monoisotopic (exact) mass is 458 g/mol. The highest BCUT2D eigenvalue weighted by molar-refractivity contribution is 9.10. The van der Waals surface area contributed by atoms with Crippen LogP contribution in [0.4, 0.5) is 0 Å². The van der Waals surface area contributed by atoms with Crippen LogP contribution in [0.15, 0.2) is 64.1 Å². The van der Waals surface area contributed by atoms with Gasteiger partial charge >= 0.3 is 0 Å². The molecule has 1 atom stereocenters. The predicted molar refractivity (Wildman–Crippen MR) is 115 cm³/mol. The molecule has 1 aliphatic heterocycles. The maximum Gasteiger partial charge on any atom is 0.244 e. The van der Waals surface area contributed by atoms with E-state index in [0.29, 0.717) is 18.0 Å². The zero-order chi connectivity index (χ0) is 20.1. The summed E-state index contributed by atoms with van der Waals surface area (Å²) >= 11 is 3.47. The third-order valence-corrected chi connectivity index (χ3v) is 8.05. The lowest BCUT2D eigenvalue weighted by molar-refractivity contribution is 0.298. The second-order valence-corrected chi connectivity index (χ2v) is 10.2. The molecule has 4 rings (SSSR count). The molecule has 28 heavy (non-hydrogen) atoms. The van der Waals surface area contributed by atoms with Crippen LogP contribution in [0.25, 0.3) is 0 Å². The Bertz CT molecular complexity index is 1110. The number of nitrogens with zero attached hydrogens (tertiary/aromatic N) is 2. The minimum absolute atomic E-state index is 0.345. The van der Waals surface area contributed by atoms with E-state index in [9.17, 15) is 8.42 Å². The topological polar surface area (TPSA) is 42.3 Å². The first-order valence-corrected chi connectivity index (χ1v) is 11.5. The summed E-state index contributed by atoms with van der Waals surface area (Å²) in [5.74, 6) is 0. The minimum atomic E-state index is -3.66. The molecular formula is C22H23BrN2O2S. The molecule has 0 spiro atoms. The van der Waals surface area contributed by atoms with Crippen molar-refractivity contribution < 1.29 is 8.42 Å². The maximum atomic E-state index is 13.8. The summed E-state index contributed by atoms with van der Waals surface area (Å²) < 4.78 is 32.4. The highest BCUT2D eigenvalue weighted by atomic mass is 79.9. The summed E-state index contributed by atoms with van der Waals surface area (Å²) in [7, 11) is -3.66. The lowest BCUT2D eigenvalue weighted by Gasteiger charge is -2.37. The largest absolute Gasteiger partial charge is 0.348 e. The van der Waals surface area contributed by atoms with Crippen LogP contribution in [0.5, 0.6) is 0 Å². The van der Waals surface area contributed by atoms with E-state index < -0.39 is 10.0 Å². The van der Waals surface area contributed by atoms with E-state index in [0.717, 1.165) is 32.4 Å². The summed E-state index contributed by atoms with van der Waals surface area (Å²) in [6.07, 6.45) is 2.02. The molecule has 0 saturated carbocycles. The van der Waals surface area contributed by atoms with Gasteiger partial charge in [-0.15, -0.1) is 0 Å². The molecule has 0 aliphatic carbocycles. The van der Waals surface area contributed by atoms with Crippen molar-refractivity contribution in [3.63, 3.8) is 0 Å². The summed E-state index contributed by atoms with van der Waals surface area (Å²) in [5, 5.41) is 0. The van der Waals surface area contributed by atoms with Gasteiger partial charge < -0.3 is 4.57 Å². The van der Waals surface area contributed by atoms with Crippen molar-refractivity contribution in [3.05, 3.63) is 87.1 Å². The zero-order valence-electron chi connectivity index (χ0n) is 16.2. The fourth-order valence-electron chi connectivity index (χ4n) is 4.29. The second kappa shape index (κ2) is 7.17. The number of aromatic nitrogens is 1. The van der Waals surface area contributed by atoms with Crippen molar-refractivity contribution in [2.75, 3.05) is 6.54 Å². The molecule has 2 heterocycles. The minimum Gasteiger partial charge on any atom is -0.348 e. The molecule has 0 fully saturated rings. The van der Waals surface area contributed by atoms with Gasteiger partial charge in [0.1, 0.15) is 0 Å². The van der Waals surface area contributed by atoms with Gasteiger partial charge in [-0.05, 0) is 61.7 Å². The summed E-state index contributed by atoms with van der Waals surface area (Å²) in [4.78, 5) is 0.431. The van der Waals surface area contributed by atoms with Crippen molar-refractivity contribution >= 4 is 26.0 Å². The molecule has 2 aromatic carbocycles. The first kappa shape index (κ1) is 19.4. The van der Waals surface area contributed by atoms with E-state index in [1.807, 2.05) is 75.5 Å². The van der Waals surface area contributed by atoms with Crippen molar-refractivity contribution in [2.45, 2.75) is 38.3 Å². The number of hydrogen-bond donors (Lipinski definition) is 0. The Hall–Kier alpha value is -1.89. The molecule has 0 radical (unpaired) electrons. The van der Waals surface area contributed by atoms with Crippen LogP contribution < -0.4 is 0 Å². The van der Waals surface area contributed by atoms with E-state index in [1.165, 1.54) is 0 Å². The summed E-state index contributed by atoms with van der Waals surface area (Å²) in [6.45, 7) is 6.85. The number of benzene rings is 2. The van der Waals surface area contributed by atoms with Gasteiger partial charge in [-0.25, -0.2) is 8.42 Å². The Morgan fingerprint density at radius 3 is 2.25 bits per heavy atom. The summed E-state index contributed by atoms with van der Waals surface area (Å²) in [5.41, 5.74) is 4.64. The third-order valence-electron chi connectivity index (χ3n) is 5.35. The Balaban J connectivity index is 1.89. The average Bonchev–Trinajstić information content (AvgIpc) is 3.09. The number of hydrogen-bond acceptors (Lipinski definition) is 2. The van der Waals surface area contributed by atoms with Gasteiger partial charge in [0.2, 0.25) is 10.0 Å². The molecule has 0 bridgehead atoms. The number of fused-ring (bicyclic) bond motifs is 1. The molecular weight excluding hydrogens is 436 g/mol. The fraction of sp³-hybridized carbons (Fsp3) is 0.273. The van der Waals surface area contributed by atoms with Gasteiger partial charge in [-0.3, -0.25) is 0 Å². The first-order valence-electron chi connectivity index (χ1n) is 9.29. The summed E-state index contributed by atoms with van der Waals surface area (Å²) in [6, 6.07) is 15.5. The highest BCUT2D eigenvalue weighted by Gasteiger charge is 2.38. The maximum absolute atomic E-state index is 13.8. The van der Waals surface area contributed by atoms with Gasteiger partial charge in [-0.2, -0.15) is 4.31 Å². The fourth-order valence-corrected chi connectivity index (χ4v) is 6.55. The third kappa shape index (κ3) is 3.23. The molecule has 3 aromatic rings. The van der Waals surface area contributed by atoms with E-state index in [2.05, 4.69) is 20.5 Å². The van der Waals surface area contributed by atoms with Crippen LogP contribution in [0, 0.1) is 20.8 Å². The zero-order valence-corrected chi connectivity index (χ0v) is 18.6. The molecule has 1 aliphatic rings. The Morgan fingerprint density at radius 2 is 1.61 bits per heavy atom. The van der Waals surface area contributed by atoms with Crippen LogP contribution in [0.2, 0.25) is 0 Å². The van der Waals surface area contributed by atoms with Crippen molar-refractivity contribution in [2.24, 2.45) is 0 Å². The van der Waals surface area contributed by atoms with Gasteiger partial charge in [-0.1, -0.05) is 45.8 Å². The normalized spacial score (nSPS) is 17.5. The van der Waals surface area contributed by atoms with Crippen LogP contribution in [0.3, 0.4) is 0 Å². The smallest absolute Gasteiger partial charge is 0.244 e. The van der Waals surface area contributed by atoms with Gasteiger partial charge in [0.15, 0.2) is 0 Å². The molecule has 146 valence electrons. The molecule has 0 saturated heterocycles. The highest BCUT2D eigenvalue weighted by Crippen LogP contribution is 2.38. The van der Waals surface area contributed by atoms with Crippen molar-refractivity contribution in [1.29, 1.82) is 0 Å². The number of aryl methyl sites for hydroxylation is 3. The van der Waals surface area contributed by atoms with Crippen molar-refractivity contribution in [1.82, 2.24) is 8.87 Å². The second-order valence-electron chi connectivity index (χ2n) is 7.42. The number of sulfonamides is 1. The van der Waals surface area contributed by atoms with Crippen LogP contribution in [0.1, 0.15) is 34.0 Å². The Labute approximate surface area is 175 Å². The van der Waals surface area contributed by atoms with E-state index >= 15 is 0 Å². The van der Waals surface area contributed by atoms with Gasteiger partial charge in [0, 0.05) is 29.5 Å². The molecule has 4 nitrogen and oxygen atoms in total. The molecule has 0 N–H and O–H groups in total. The van der Waals surface area contributed by atoms with E-state index in [4.69, 9.17) is 0 Å². The van der Waals surface area contributed by atoms with Crippen LogP contribution >= 0.6 is 15.9 Å². The van der Waals surface area contributed by atoms with Gasteiger partial charge in [0.25, 0.3) is 0 Å². The average molecular weight is 459 g/mol. The SMILES string of the molecule is Cc1cc(C)c(S(=O)(=O)N2CCn3cccc3C2c2ccc(Br)cc2)c(C)c1.